The molecular formula is C12H17Br2N3O4. The molecule has 1 amide bonds. The van der Waals surface area contributed by atoms with Gasteiger partial charge in [0.1, 0.15) is 16.2 Å². The summed E-state index contributed by atoms with van der Waals surface area (Å²) < 4.78 is 10.9. The highest BCUT2D eigenvalue weighted by atomic mass is 79.9. The quantitative estimate of drug-likeness (QED) is 0.721. The molecule has 0 fully saturated rings. The highest BCUT2D eigenvalue weighted by Gasteiger charge is 2.26. The van der Waals surface area contributed by atoms with Gasteiger partial charge in [-0.05, 0) is 52.6 Å². The summed E-state index contributed by atoms with van der Waals surface area (Å²) >= 11 is 6.46. The van der Waals surface area contributed by atoms with E-state index in [0.29, 0.717) is 15.0 Å². The molecule has 0 aromatic carbocycles. The molecule has 1 aromatic heterocycles. The maximum Gasteiger partial charge on any atom is 0.408 e. The van der Waals surface area contributed by atoms with Crippen LogP contribution in [0.4, 0.5) is 4.79 Å². The zero-order chi connectivity index (χ0) is 16.2. The van der Waals surface area contributed by atoms with Crippen LogP contribution in [0, 0.1) is 0 Å². The van der Waals surface area contributed by atoms with Crippen LogP contribution in [0.3, 0.4) is 0 Å². The first-order valence-corrected chi connectivity index (χ1v) is 7.68. The molecule has 21 heavy (non-hydrogen) atoms. The summed E-state index contributed by atoms with van der Waals surface area (Å²) in [5, 5.41) is 2.49. The third-order valence-corrected chi connectivity index (χ3v) is 3.32. The Labute approximate surface area is 139 Å². The number of methoxy groups -OCH3 is 1. The van der Waals surface area contributed by atoms with Crippen LogP contribution >= 0.6 is 31.9 Å². The van der Waals surface area contributed by atoms with E-state index in [4.69, 9.17) is 9.47 Å². The zero-order valence-electron chi connectivity index (χ0n) is 12.1. The van der Waals surface area contributed by atoms with E-state index in [0.717, 1.165) is 0 Å². The topological polar surface area (TPSA) is 93.3 Å². The van der Waals surface area contributed by atoms with Gasteiger partial charge in [0.05, 0.1) is 12.8 Å². The lowest BCUT2D eigenvalue weighted by Crippen LogP contribution is -2.45. The van der Waals surface area contributed by atoms with Crippen LogP contribution in [0.2, 0.25) is 0 Å². The number of hydrogen-bond donors (Lipinski definition) is 2. The lowest BCUT2D eigenvalue weighted by Gasteiger charge is -2.22. The van der Waals surface area contributed by atoms with Crippen LogP contribution in [0.5, 0.6) is 0 Å². The number of aromatic amines is 1. The van der Waals surface area contributed by atoms with Gasteiger partial charge in [-0.25, -0.2) is 14.6 Å². The predicted molar refractivity (Wildman–Crippen MR) is 82.9 cm³/mol. The highest BCUT2D eigenvalue weighted by molar-refractivity contribution is 9.11. The van der Waals surface area contributed by atoms with E-state index in [2.05, 4.69) is 47.1 Å². The Morgan fingerprint density at radius 2 is 2.00 bits per heavy atom. The number of ether oxygens (including phenoxy) is 2. The van der Waals surface area contributed by atoms with E-state index < -0.39 is 23.7 Å². The van der Waals surface area contributed by atoms with Crippen LogP contribution in [-0.2, 0) is 20.7 Å². The summed E-state index contributed by atoms with van der Waals surface area (Å²) in [5.41, 5.74) is -0.00384. The molecule has 1 aromatic rings. The van der Waals surface area contributed by atoms with Gasteiger partial charge >= 0.3 is 12.1 Å². The number of esters is 1. The van der Waals surface area contributed by atoms with Crippen LogP contribution in [0.15, 0.2) is 9.34 Å². The number of amides is 1. The van der Waals surface area contributed by atoms with Crippen LogP contribution < -0.4 is 5.32 Å². The van der Waals surface area contributed by atoms with Gasteiger partial charge in [0, 0.05) is 6.42 Å². The van der Waals surface area contributed by atoms with Gasteiger partial charge in [-0.15, -0.1) is 0 Å². The summed E-state index contributed by atoms with van der Waals surface area (Å²) in [6.45, 7) is 5.22. The van der Waals surface area contributed by atoms with Gasteiger partial charge in [0.15, 0.2) is 4.73 Å². The van der Waals surface area contributed by atoms with Crippen LogP contribution in [-0.4, -0.2) is 40.8 Å². The lowest BCUT2D eigenvalue weighted by atomic mass is 10.1. The molecule has 1 heterocycles. The monoisotopic (exact) mass is 425 g/mol. The average Bonchev–Trinajstić information content (AvgIpc) is 2.63. The number of nitrogens with zero attached hydrogens (tertiary/aromatic N) is 1. The van der Waals surface area contributed by atoms with Crippen molar-refractivity contribution >= 4 is 43.9 Å². The first kappa shape index (κ1) is 18.0. The molecular weight excluding hydrogens is 410 g/mol. The van der Waals surface area contributed by atoms with Crippen LogP contribution in [0.25, 0.3) is 0 Å². The highest BCUT2D eigenvalue weighted by Crippen LogP contribution is 2.19. The summed E-state index contributed by atoms with van der Waals surface area (Å²) in [7, 11) is 1.25. The largest absolute Gasteiger partial charge is 0.467 e. The number of carbonyl (C=O) groups excluding carboxylic acids is 2. The van der Waals surface area contributed by atoms with Crippen molar-refractivity contribution in [3.8, 4) is 0 Å². The fourth-order valence-electron chi connectivity index (χ4n) is 1.48. The molecule has 2 N–H and O–H groups in total. The van der Waals surface area contributed by atoms with Crippen molar-refractivity contribution in [1.29, 1.82) is 0 Å². The normalized spacial score (nSPS) is 12.7. The van der Waals surface area contributed by atoms with Crippen molar-refractivity contribution in [3.05, 3.63) is 15.0 Å². The summed E-state index contributed by atoms with van der Waals surface area (Å²) in [6, 6.07) is -0.881. The summed E-state index contributed by atoms with van der Waals surface area (Å²) in [4.78, 5) is 30.6. The van der Waals surface area contributed by atoms with Crippen molar-refractivity contribution < 1.29 is 19.1 Å². The number of H-pyrrole nitrogens is 1. The molecule has 0 aliphatic rings. The molecule has 7 nitrogen and oxygen atoms in total. The van der Waals surface area contributed by atoms with Gasteiger partial charge < -0.3 is 19.8 Å². The minimum absolute atomic E-state index is 0.186. The van der Waals surface area contributed by atoms with Crippen LogP contribution in [0.1, 0.15) is 26.5 Å². The third kappa shape index (κ3) is 6.04. The molecule has 118 valence electrons. The number of carbonyl (C=O) groups is 2. The van der Waals surface area contributed by atoms with Gasteiger partial charge in [0.25, 0.3) is 0 Å². The van der Waals surface area contributed by atoms with Gasteiger partial charge in [-0.1, -0.05) is 0 Å². The summed E-state index contributed by atoms with van der Waals surface area (Å²) in [5.74, 6) is -0.571. The van der Waals surface area contributed by atoms with E-state index in [1.54, 1.807) is 20.8 Å². The zero-order valence-corrected chi connectivity index (χ0v) is 15.3. The van der Waals surface area contributed by atoms with E-state index in [9.17, 15) is 9.59 Å². The Morgan fingerprint density at radius 3 is 2.43 bits per heavy atom. The van der Waals surface area contributed by atoms with Crippen molar-refractivity contribution in [2.24, 2.45) is 0 Å². The number of alkyl carbamates (subject to hydrolysis) is 1. The molecule has 0 aliphatic heterocycles. The summed E-state index contributed by atoms with van der Waals surface area (Å²) in [6.07, 6.45) is -0.502. The standard InChI is InChI=1S/C12H17Br2N3O4/c1-12(2,3)21-11(19)16-7(9(18)20-4)5-6-8(13)17-10(14)15-6/h7H,5H2,1-4H3,(H,15,17)(H,16,19)/t7-/m0/s1. The van der Waals surface area contributed by atoms with Crippen molar-refractivity contribution in [2.75, 3.05) is 7.11 Å². The number of nitrogens with one attached hydrogen (secondary N) is 2. The maximum absolute atomic E-state index is 11.8. The predicted octanol–water partition coefficient (Wildman–Crippen LogP) is 2.54. The Hall–Kier alpha value is -1.09. The third-order valence-electron chi connectivity index (χ3n) is 2.28. The number of hydrogen-bond acceptors (Lipinski definition) is 5. The lowest BCUT2D eigenvalue weighted by molar-refractivity contribution is -0.143. The van der Waals surface area contributed by atoms with Crippen molar-refractivity contribution in [3.63, 3.8) is 0 Å². The molecule has 0 radical (unpaired) electrons. The first-order chi connectivity index (χ1) is 9.62. The first-order valence-electron chi connectivity index (χ1n) is 6.09. The molecule has 0 unspecified atom stereocenters. The minimum atomic E-state index is -0.881. The van der Waals surface area contributed by atoms with Crippen molar-refractivity contribution in [2.45, 2.75) is 38.8 Å². The van der Waals surface area contributed by atoms with E-state index in [1.807, 2.05) is 0 Å². The molecule has 0 bridgehead atoms. The molecule has 9 heteroatoms. The number of rotatable bonds is 4. The Bertz CT molecular complexity index is 525. The van der Waals surface area contributed by atoms with Gasteiger partial charge in [-0.2, -0.15) is 0 Å². The number of aromatic nitrogens is 2. The molecule has 1 atom stereocenters. The number of imidazole rings is 1. The molecule has 1 rings (SSSR count). The SMILES string of the molecule is COC(=O)[C@H](Cc1[nH]c(Br)nc1Br)NC(=O)OC(C)(C)C. The average molecular weight is 427 g/mol. The van der Waals surface area contributed by atoms with E-state index in [-0.39, 0.29) is 6.42 Å². The maximum atomic E-state index is 11.8. The Morgan fingerprint density at radius 1 is 1.38 bits per heavy atom. The minimum Gasteiger partial charge on any atom is -0.467 e. The second kappa shape index (κ2) is 7.26. The fraction of sp³-hybridized carbons (Fsp3) is 0.583. The molecule has 0 saturated heterocycles. The molecule has 0 saturated carbocycles. The molecule has 0 spiro atoms. The van der Waals surface area contributed by atoms with Gasteiger partial charge in [-0.3, -0.25) is 0 Å². The number of halogens is 2. The van der Waals surface area contributed by atoms with Crippen molar-refractivity contribution in [1.82, 2.24) is 15.3 Å². The van der Waals surface area contributed by atoms with E-state index in [1.165, 1.54) is 7.11 Å². The second-order valence-corrected chi connectivity index (χ2v) is 6.73. The fourth-order valence-corrected chi connectivity index (χ4v) is 2.58. The Balaban J connectivity index is 2.79. The Kier molecular flexibility index (Phi) is 6.21. The smallest absolute Gasteiger partial charge is 0.408 e. The molecule has 0 aliphatic carbocycles. The van der Waals surface area contributed by atoms with Gasteiger partial charge in [0.2, 0.25) is 0 Å². The van der Waals surface area contributed by atoms with E-state index >= 15 is 0 Å². The second-order valence-electron chi connectivity index (χ2n) is 5.22.